The molecule has 0 aliphatic carbocycles. The van der Waals surface area contributed by atoms with Gasteiger partial charge in [-0.3, -0.25) is 0 Å². The SMILES string of the molecule is O=NCCc1cccc(I)c1. The van der Waals surface area contributed by atoms with Crippen LogP contribution in [-0.2, 0) is 6.42 Å². The first-order chi connectivity index (χ1) is 5.33. The third-order valence-electron chi connectivity index (χ3n) is 1.38. The lowest BCUT2D eigenvalue weighted by atomic mass is 10.2. The van der Waals surface area contributed by atoms with Gasteiger partial charge in [0.25, 0.3) is 0 Å². The van der Waals surface area contributed by atoms with E-state index in [2.05, 4.69) is 33.8 Å². The summed E-state index contributed by atoms with van der Waals surface area (Å²) in [4.78, 5) is 9.81. The average molecular weight is 261 g/mol. The van der Waals surface area contributed by atoms with E-state index in [0.717, 1.165) is 6.42 Å². The van der Waals surface area contributed by atoms with Crippen LogP contribution in [0.1, 0.15) is 5.56 Å². The van der Waals surface area contributed by atoms with Crippen molar-refractivity contribution in [2.75, 3.05) is 6.54 Å². The first-order valence-corrected chi connectivity index (χ1v) is 4.44. The summed E-state index contributed by atoms with van der Waals surface area (Å²) in [5, 5.41) is 2.81. The molecule has 0 fully saturated rings. The Kier molecular flexibility index (Phi) is 3.48. The Morgan fingerprint density at radius 2 is 2.27 bits per heavy atom. The molecule has 1 aromatic rings. The van der Waals surface area contributed by atoms with Crippen molar-refractivity contribution in [2.45, 2.75) is 6.42 Å². The number of hydrogen-bond donors (Lipinski definition) is 0. The van der Waals surface area contributed by atoms with Gasteiger partial charge in [-0.2, -0.15) is 4.91 Å². The Morgan fingerprint density at radius 1 is 1.45 bits per heavy atom. The van der Waals surface area contributed by atoms with Crippen LogP contribution in [0.4, 0.5) is 0 Å². The summed E-state index contributed by atoms with van der Waals surface area (Å²) in [7, 11) is 0. The predicted molar refractivity (Wildman–Crippen MR) is 53.5 cm³/mol. The number of halogens is 1. The molecule has 3 heteroatoms. The van der Waals surface area contributed by atoms with E-state index in [0.29, 0.717) is 6.54 Å². The highest BCUT2D eigenvalue weighted by molar-refractivity contribution is 14.1. The smallest absolute Gasteiger partial charge is 0.0851 e. The lowest BCUT2D eigenvalue weighted by Gasteiger charge is -1.96. The third kappa shape index (κ3) is 2.96. The standard InChI is InChI=1S/C8H8INO/c9-8-3-1-2-7(6-8)4-5-10-11/h1-3,6H,4-5H2. The van der Waals surface area contributed by atoms with Gasteiger partial charge in [0.1, 0.15) is 0 Å². The van der Waals surface area contributed by atoms with Crippen LogP contribution in [0, 0.1) is 8.48 Å². The van der Waals surface area contributed by atoms with Gasteiger partial charge in [0.05, 0.1) is 6.54 Å². The Morgan fingerprint density at radius 3 is 2.91 bits per heavy atom. The summed E-state index contributed by atoms with van der Waals surface area (Å²) >= 11 is 2.25. The molecule has 0 heterocycles. The van der Waals surface area contributed by atoms with Gasteiger partial charge in [0, 0.05) is 3.57 Å². The highest BCUT2D eigenvalue weighted by Crippen LogP contribution is 2.07. The first-order valence-electron chi connectivity index (χ1n) is 3.36. The molecule has 0 saturated heterocycles. The van der Waals surface area contributed by atoms with Crippen molar-refractivity contribution in [3.05, 3.63) is 38.3 Å². The fraction of sp³-hybridized carbons (Fsp3) is 0.250. The van der Waals surface area contributed by atoms with Crippen LogP contribution in [0.25, 0.3) is 0 Å². The van der Waals surface area contributed by atoms with Gasteiger partial charge < -0.3 is 0 Å². The monoisotopic (exact) mass is 261 g/mol. The Labute approximate surface area is 79.1 Å². The maximum absolute atomic E-state index is 9.81. The normalized spacial score (nSPS) is 9.55. The molecule has 11 heavy (non-hydrogen) atoms. The lowest BCUT2D eigenvalue weighted by molar-refractivity contribution is 0.959. The summed E-state index contributed by atoms with van der Waals surface area (Å²) in [6.07, 6.45) is 0.750. The van der Waals surface area contributed by atoms with Crippen molar-refractivity contribution in [3.63, 3.8) is 0 Å². The van der Waals surface area contributed by atoms with E-state index >= 15 is 0 Å². The molecule has 0 aliphatic heterocycles. The van der Waals surface area contributed by atoms with Crippen molar-refractivity contribution in [1.29, 1.82) is 0 Å². The molecule has 1 rings (SSSR count). The highest BCUT2D eigenvalue weighted by atomic mass is 127. The second-order valence-electron chi connectivity index (χ2n) is 2.23. The number of nitrogens with zero attached hydrogens (tertiary/aromatic N) is 1. The summed E-state index contributed by atoms with van der Waals surface area (Å²) in [6, 6.07) is 8.08. The van der Waals surface area contributed by atoms with Crippen molar-refractivity contribution in [1.82, 2.24) is 0 Å². The van der Waals surface area contributed by atoms with Gasteiger partial charge in [-0.15, -0.1) is 0 Å². The second kappa shape index (κ2) is 4.43. The molecular formula is C8H8INO. The van der Waals surface area contributed by atoms with Crippen LogP contribution in [0.2, 0.25) is 0 Å². The summed E-state index contributed by atoms with van der Waals surface area (Å²) in [6.45, 7) is 0.375. The minimum absolute atomic E-state index is 0.375. The Balaban J connectivity index is 2.63. The summed E-state index contributed by atoms with van der Waals surface area (Å²) in [5.41, 5.74) is 1.18. The molecular weight excluding hydrogens is 253 g/mol. The predicted octanol–water partition coefficient (Wildman–Crippen LogP) is 2.60. The van der Waals surface area contributed by atoms with Gasteiger partial charge in [-0.25, -0.2) is 0 Å². The first kappa shape index (κ1) is 8.64. The van der Waals surface area contributed by atoms with Crippen LogP contribution in [-0.4, -0.2) is 6.54 Å². The van der Waals surface area contributed by atoms with E-state index in [1.54, 1.807) is 0 Å². The maximum Gasteiger partial charge on any atom is 0.0851 e. The number of rotatable bonds is 3. The van der Waals surface area contributed by atoms with E-state index in [4.69, 9.17) is 0 Å². The molecule has 0 amide bonds. The van der Waals surface area contributed by atoms with E-state index in [1.165, 1.54) is 9.13 Å². The Bertz CT molecular complexity index is 250. The molecule has 58 valence electrons. The van der Waals surface area contributed by atoms with E-state index in [1.807, 2.05) is 18.2 Å². The summed E-state index contributed by atoms with van der Waals surface area (Å²) in [5.74, 6) is 0. The number of benzene rings is 1. The molecule has 0 aliphatic rings. The van der Waals surface area contributed by atoms with Crippen LogP contribution < -0.4 is 0 Å². The second-order valence-corrected chi connectivity index (χ2v) is 3.48. The van der Waals surface area contributed by atoms with Crippen molar-refractivity contribution >= 4 is 22.6 Å². The fourth-order valence-electron chi connectivity index (χ4n) is 0.867. The van der Waals surface area contributed by atoms with Gasteiger partial charge in [0.2, 0.25) is 0 Å². The van der Waals surface area contributed by atoms with E-state index < -0.39 is 0 Å². The highest BCUT2D eigenvalue weighted by Gasteiger charge is 1.92. The number of nitroso groups, excluding NO2 is 1. The number of hydrogen-bond acceptors (Lipinski definition) is 2. The van der Waals surface area contributed by atoms with Crippen molar-refractivity contribution in [2.24, 2.45) is 5.18 Å². The molecule has 0 aromatic heterocycles. The maximum atomic E-state index is 9.81. The third-order valence-corrected chi connectivity index (χ3v) is 2.05. The van der Waals surface area contributed by atoms with Crippen molar-refractivity contribution < 1.29 is 0 Å². The minimum Gasteiger partial charge on any atom is -0.151 e. The van der Waals surface area contributed by atoms with Crippen LogP contribution in [0.15, 0.2) is 29.4 Å². The minimum atomic E-state index is 0.375. The van der Waals surface area contributed by atoms with Crippen LogP contribution in [0.3, 0.4) is 0 Å². The molecule has 0 unspecified atom stereocenters. The topological polar surface area (TPSA) is 29.4 Å². The molecule has 2 nitrogen and oxygen atoms in total. The molecule has 1 aromatic carbocycles. The molecule has 0 atom stereocenters. The average Bonchev–Trinajstić information content (AvgIpc) is 2.01. The summed E-state index contributed by atoms with van der Waals surface area (Å²) < 4.78 is 1.20. The lowest BCUT2D eigenvalue weighted by Crippen LogP contribution is -1.88. The van der Waals surface area contributed by atoms with Crippen LogP contribution in [0.5, 0.6) is 0 Å². The van der Waals surface area contributed by atoms with Gasteiger partial charge in [-0.1, -0.05) is 17.3 Å². The fourth-order valence-corrected chi connectivity index (χ4v) is 1.47. The zero-order valence-corrected chi connectivity index (χ0v) is 8.11. The largest absolute Gasteiger partial charge is 0.151 e. The van der Waals surface area contributed by atoms with Crippen molar-refractivity contribution in [3.8, 4) is 0 Å². The van der Waals surface area contributed by atoms with Gasteiger partial charge in [-0.05, 0) is 46.7 Å². The van der Waals surface area contributed by atoms with E-state index in [9.17, 15) is 4.91 Å². The zero-order chi connectivity index (χ0) is 8.10. The zero-order valence-electron chi connectivity index (χ0n) is 5.96. The quantitative estimate of drug-likeness (QED) is 0.607. The molecule has 0 N–H and O–H groups in total. The van der Waals surface area contributed by atoms with Gasteiger partial charge in [0.15, 0.2) is 0 Å². The van der Waals surface area contributed by atoms with Gasteiger partial charge >= 0.3 is 0 Å². The molecule has 0 saturated carbocycles. The molecule has 0 spiro atoms. The Hall–Kier alpha value is -0.450. The molecule has 0 radical (unpaired) electrons. The van der Waals surface area contributed by atoms with Crippen LogP contribution >= 0.6 is 22.6 Å². The molecule has 0 bridgehead atoms. The van der Waals surface area contributed by atoms with E-state index in [-0.39, 0.29) is 0 Å².